The minimum absolute atomic E-state index is 0.0723. The van der Waals surface area contributed by atoms with Gasteiger partial charge in [0.2, 0.25) is 0 Å². The van der Waals surface area contributed by atoms with Crippen LogP contribution in [0.1, 0.15) is 5.56 Å². The maximum absolute atomic E-state index is 9.08. The molecule has 0 bridgehead atoms. The highest BCUT2D eigenvalue weighted by molar-refractivity contribution is 6.06. The van der Waals surface area contributed by atoms with Crippen molar-refractivity contribution >= 4 is 21.8 Å². The Balaban J connectivity index is 2.46. The molecule has 15 heavy (non-hydrogen) atoms. The first-order chi connectivity index (χ1) is 7.38. The predicted molar refractivity (Wildman–Crippen MR) is 59.5 cm³/mol. The summed E-state index contributed by atoms with van der Waals surface area (Å²) >= 11 is 0. The lowest BCUT2D eigenvalue weighted by Gasteiger charge is -1.95. The molecular weight excluding hydrogens is 188 g/mol. The monoisotopic (exact) mass is 198 g/mol. The highest BCUT2D eigenvalue weighted by atomic mass is 16.3. The topological polar surface area (TPSA) is 48.9 Å². The largest absolute Gasteiger partial charge is 0.392 e. The molecule has 0 radical (unpaired) electrons. The number of H-pyrrole nitrogens is 1. The number of aromatic amines is 1. The number of aliphatic hydroxyl groups is 1. The van der Waals surface area contributed by atoms with Crippen molar-refractivity contribution in [1.82, 2.24) is 9.97 Å². The van der Waals surface area contributed by atoms with Crippen LogP contribution >= 0.6 is 0 Å². The van der Waals surface area contributed by atoms with E-state index < -0.39 is 0 Å². The van der Waals surface area contributed by atoms with Gasteiger partial charge in [-0.2, -0.15) is 0 Å². The SMILES string of the molecule is OCc1ccc2[nH]c3ccncc3c2c1. The lowest BCUT2D eigenvalue weighted by molar-refractivity contribution is 0.282. The maximum atomic E-state index is 9.08. The van der Waals surface area contributed by atoms with Gasteiger partial charge in [-0.05, 0) is 23.8 Å². The molecule has 0 saturated carbocycles. The fourth-order valence-electron chi connectivity index (χ4n) is 1.88. The van der Waals surface area contributed by atoms with Crippen LogP contribution in [0.5, 0.6) is 0 Å². The van der Waals surface area contributed by atoms with Gasteiger partial charge in [-0.3, -0.25) is 4.98 Å². The highest BCUT2D eigenvalue weighted by Gasteiger charge is 2.03. The first-order valence-electron chi connectivity index (χ1n) is 4.83. The average molecular weight is 198 g/mol. The van der Waals surface area contributed by atoms with Gasteiger partial charge in [-0.1, -0.05) is 6.07 Å². The lowest BCUT2D eigenvalue weighted by atomic mass is 10.1. The summed E-state index contributed by atoms with van der Waals surface area (Å²) in [5.74, 6) is 0. The number of aromatic nitrogens is 2. The number of nitrogens with zero attached hydrogens (tertiary/aromatic N) is 1. The zero-order valence-electron chi connectivity index (χ0n) is 8.07. The van der Waals surface area contributed by atoms with Crippen molar-refractivity contribution in [2.75, 3.05) is 0 Å². The number of hydrogen-bond donors (Lipinski definition) is 2. The number of hydrogen-bond acceptors (Lipinski definition) is 2. The van der Waals surface area contributed by atoms with E-state index in [1.807, 2.05) is 30.5 Å². The van der Waals surface area contributed by atoms with Crippen LogP contribution < -0.4 is 0 Å². The molecule has 0 amide bonds. The second kappa shape index (κ2) is 3.07. The van der Waals surface area contributed by atoms with E-state index >= 15 is 0 Å². The fourth-order valence-corrected chi connectivity index (χ4v) is 1.88. The normalized spacial score (nSPS) is 11.3. The molecule has 3 heteroatoms. The van der Waals surface area contributed by atoms with Gasteiger partial charge in [-0.25, -0.2) is 0 Å². The summed E-state index contributed by atoms with van der Waals surface area (Å²) in [6.07, 6.45) is 3.61. The van der Waals surface area contributed by atoms with Gasteiger partial charge in [0.05, 0.1) is 6.61 Å². The molecule has 3 nitrogen and oxygen atoms in total. The molecule has 1 aromatic carbocycles. The van der Waals surface area contributed by atoms with Crippen LogP contribution in [-0.4, -0.2) is 15.1 Å². The molecule has 2 heterocycles. The minimum Gasteiger partial charge on any atom is -0.392 e. The van der Waals surface area contributed by atoms with Crippen LogP contribution in [0.2, 0.25) is 0 Å². The molecule has 0 saturated heterocycles. The lowest BCUT2D eigenvalue weighted by Crippen LogP contribution is -1.80. The predicted octanol–water partition coefficient (Wildman–Crippen LogP) is 2.21. The standard InChI is InChI=1S/C12H10N2O/c15-7-8-1-2-11-9(5-8)10-6-13-4-3-12(10)14-11/h1-6,14-15H,7H2. The Hall–Kier alpha value is -1.87. The molecule has 0 fully saturated rings. The second-order valence-corrected chi connectivity index (χ2v) is 3.58. The Kier molecular flexibility index (Phi) is 1.73. The van der Waals surface area contributed by atoms with E-state index in [1.54, 1.807) is 6.20 Å². The van der Waals surface area contributed by atoms with Crippen molar-refractivity contribution in [3.63, 3.8) is 0 Å². The molecule has 2 aromatic heterocycles. The van der Waals surface area contributed by atoms with Crippen LogP contribution in [0.4, 0.5) is 0 Å². The number of pyridine rings is 1. The van der Waals surface area contributed by atoms with Crippen molar-refractivity contribution in [2.24, 2.45) is 0 Å². The molecule has 0 aliphatic heterocycles. The van der Waals surface area contributed by atoms with Gasteiger partial charge in [0.1, 0.15) is 0 Å². The summed E-state index contributed by atoms with van der Waals surface area (Å²) in [5, 5.41) is 11.3. The summed E-state index contributed by atoms with van der Waals surface area (Å²) in [7, 11) is 0. The van der Waals surface area contributed by atoms with Crippen molar-refractivity contribution in [2.45, 2.75) is 6.61 Å². The van der Waals surface area contributed by atoms with Crippen LogP contribution in [-0.2, 0) is 6.61 Å². The van der Waals surface area contributed by atoms with Gasteiger partial charge in [0, 0.05) is 34.2 Å². The van der Waals surface area contributed by atoms with E-state index in [0.29, 0.717) is 0 Å². The number of benzene rings is 1. The smallest absolute Gasteiger partial charge is 0.0682 e. The molecule has 3 rings (SSSR count). The molecular formula is C12H10N2O. The van der Waals surface area contributed by atoms with E-state index in [0.717, 1.165) is 27.4 Å². The summed E-state index contributed by atoms with van der Waals surface area (Å²) < 4.78 is 0. The highest BCUT2D eigenvalue weighted by Crippen LogP contribution is 2.25. The maximum Gasteiger partial charge on any atom is 0.0682 e. The van der Waals surface area contributed by atoms with Crippen LogP contribution in [0.25, 0.3) is 21.8 Å². The third-order valence-corrected chi connectivity index (χ3v) is 2.65. The van der Waals surface area contributed by atoms with E-state index in [1.165, 1.54) is 0 Å². The molecule has 2 N–H and O–H groups in total. The Morgan fingerprint density at radius 1 is 1.13 bits per heavy atom. The molecule has 74 valence electrons. The van der Waals surface area contributed by atoms with Crippen molar-refractivity contribution in [1.29, 1.82) is 0 Å². The number of aliphatic hydroxyl groups excluding tert-OH is 1. The third-order valence-electron chi connectivity index (χ3n) is 2.65. The van der Waals surface area contributed by atoms with E-state index in [-0.39, 0.29) is 6.61 Å². The Morgan fingerprint density at radius 3 is 2.87 bits per heavy atom. The summed E-state index contributed by atoms with van der Waals surface area (Å²) in [6.45, 7) is 0.0723. The molecule has 0 unspecified atom stereocenters. The first-order valence-corrected chi connectivity index (χ1v) is 4.83. The molecule has 0 atom stereocenters. The second-order valence-electron chi connectivity index (χ2n) is 3.58. The number of rotatable bonds is 1. The minimum atomic E-state index is 0.0723. The Labute approximate surface area is 86.4 Å². The van der Waals surface area contributed by atoms with Crippen LogP contribution in [0, 0.1) is 0 Å². The van der Waals surface area contributed by atoms with Gasteiger partial charge in [0.15, 0.2) is 0 Å². The third kappa shape index (κ3) is 1.21. The quantitative estimate of drug-likeness (QED) is 0.629. The molecule has 3 aromatic rings. The summed E-state index contributed by atoms with van der Waals surface area (Å²) in [6, 6.07) is 7.86. The number of fused-ring (bicyclic) bond motifs is 3. The number of nitrogens with one attached hydrogen (secondary N) is 1. The van der Waals surface area contributed by atoms with E-state index in [2.05, 4.69) is 9.97 Å². The first kappa shape index (κ1) is 8.44. The van der Waals surface area contributed by atoms with Gasteiger partial charge >= 0.3 is 0 Å². The van der Waals surface area contributed by atoms with E-state index in [4.69, 9.17) is 5.11 Å². The van der Waals surface area contributed by atoms with Gasteiger partial charge < -0.3 is 10.1 Å². The zero-order valence-corrected chi connectivity index (χ0v) is 8.07. The fraction of sp³-hybridized carbons (Fsp3) is 0.0833. The van der Waals surface area contributed by atoms with Crippen molar-refractivity contribution in [3.05, 3.63) is 42.2 Å². The van der Waals surface area contributed by atoms with Gasteiger partial charge in [0.25, 0.3) is 0 Å². The van der Waals surface area contributed by atoms with Crippen LogP contribution in [0.15, 0.2) is 36.7 Å². The van der Waals surface area contributed by atoms with Crippen molar-refractivity contribution < 1.29 is 5.11 Å². The van der Waals surface area contributed by atoms with Crippen LogP contribution in [0.3, 0.4) is 0 Å². The average Bonchev–Trinajstić information content (AvgIpc) is 2.66. The van der Waals surface area contributed by atoms with E-state index in [9.17, 15) is 0 Å². The molecule has 0 aliphatic rings. The Bertz CT molecular complexity index is 628. The summed E-state index contributed by atoms with van der Waals surface area (Å²) in [5.41, 5.74) is 3.08. The van der Waals surface area contributed by atoms with Crippen molar-refractivity contribution in [3.8, 4) is 0 Å². The summed E-state index contributed by atoms with van der Waals surface area (Å²) in [4.78, 5) is 7.42. The zero-order chi connectivity index (χ0) is 10.3. The Morgan fingerprint density at radius 2 is 2.00 bits per heavy atom. The molecule has 0 spiro atoms. The van der Waals surface area contributed by atoms with Gasteiger partial charge in [-0.15, -0.1) is 0 Å². The molecule has 0 aliphatic carbocycles.